The minimum Gasteiger partial charge on any atom is -0.383 e. The Morgan fingerprint density at radius 1 is 1.06 bits per heavy atom. The van der Waals surface area contributed by atoms with Crippen molar-refractivity contribution in [2.45, 2.75) is 0 Å². The number of fused-ring (bicyclic) bond motifs is 1. The number of nitrogens with zero attached hydrogens (tertiary/aromatic N) is 3. The van der Waals surface area contributed by atoms with Gasteiger partial charge in [0.2, 0.25) is 0 Å². The fraction of sp³-hybridized carbons (Fsp3) is 0.0769. The molecule has 0 bridgehead atoms. The Kier molecular flexibility index (Phi) is 3.21. The van der Waals surface area contributed by atoms with Crippen LogP contribution in [-0.4, -0.2) is 14.5 Å². The predicted octanol–water partition coefficient (Wildman–Crippen LogP) is 2.64. The van der Waals surface area contributed by atoms with Gasteiger partial charge in [0, 0.05) is 18.6 Å². The molecule has 5 heteroatoms. The van der Waals surface area contributed by atoms with Crippen molar-refractivity contribution < 1.29 is 0 Å². The highest BCUT2D eigenvalue weighted by Gasteiger charge is 2.08. The largest absolute Gasteiger partial charge is 0.383 e. The zero-order chi connectivity index (χ0) is 11.8. The van der Waals surface area contributed by atoms with Gasteiger partial charge in [0.05, 0.1) is 11.2 Å². The summed E-state index contributed by atoms with van der Waals surface area (Å²) in [7, 11) is 1.96. The van der Waals surface area contributed by atoms with Crippen LogP contribution in [0.2, 0.25) is 0 Å². The maximum absolute atomic E-state index is 5.95. The van der Waals surface area contributed by atoms with Crippen LogP contribution in [0.1, 0.15) is 0 Å². The lowest BCUT2D eigenvalue weighted by atomic mass is 10.2. The number of aromatic nitrogens is 3. The Morgan fingerprint density at radius 2 is 1.83 bits per heavy atom. The monoisotopic (exact) mass is 260 g/mol. The first-order valence-corrected chi connectivity index (χ1v) is 5.39. The smallest absolute Gasteiger partial charge is 0.178 e. The lowest BCUT2D eigenvalue weighted by Crippen LogP contribution is -2.00. The van der Waals surface area contributed by atoms with Crippen molar-refractivity contribution in [1.82, 2.24) is 14.5 Å². The van der Waals surface area contributed by atoms with Crippen molar-refractivity contribution in [2.24, 2.45) is 7.05 Å². The van der Waals surface area contributed by atoms with Crippen molar-refractivity contribution in [3.05, 3.63) is 42.6 Å². The molecule has 0 aliphatic heterocycles. The fourth-order valence-electron chi connectivity index (χ4n) is 1.91. The number of hydrogen-bond donors (Lipinski definition) is 1. The van der Waals surface area contributed by atoms with Crippen LogP contribution in [0.5, 0.6) is 0 Å². The van der Waals surface area contributed by atoms with Gasteiger partial charge in [-0.05, 0) is 24.3 Å². The SMILES string of the molecule is Cl.Cn1cccc1-c1nc(N)c2ccccc2n1. The van der Waals surface area contributed by atoms with E-state index in [4.69, 9.17) is 5.73 Å². The summed E-state index contributed by atoms with van der Waals surface area (Å²) < 4.78 is 1.98. The molecule has 0 radical (unpaired) electrons. The molecule has 0 aliphatic rings. The molecule has 4 nitrogen and oxygen atoms in total. The number of rotatable bonds is 1. The molecule has 3 rings (SSSR count). The highest BCUT2D eigenvalue weighted by atomic mass is 35.5. The molecular formula is C13H13ClN4. The second kappa shape index (κ2) is 4.66. The number of aryl methyl sites for hydroxylation is 1. The topological polar surface area (TPSA) is 56.7 Å². The van der Waals surface area contributed by atoms with Gasteiger partial charge < -0.3 is 10.3 Å². The van der Waals surface area contributed by atoms with E-state index >= 15 is 0 Å². The van der Waals surface area contributed by atoms with E-state index in [0.717, 1.165) is 16.6 Å². The molecule has 0 atom stereocenters. The summed E-state index contributed by atoms with van der Waals surface area (Å²) in [6.45, 7) is 0. The average molecular weight is 261 g/mol. The van der Waals surface area contributed by atoms with E-state index < -0.39 is 0 Å². The number of benzene rings is 1. The first-order chi connectivity index (χ1) is 8.25. The third kappa shape index (κ3) is 1.91. The van der Waals surface area contributed by atoms with Gasteiger partial charge in [-0.3, -0.25) is 0 Å². The minimum atomic E-state index is 0. The normalized spacial score (nSPS) is 10.3. The van der Waals surface area contributed by atoms with Crippen LogP contribution in [0.25, 0.3) is 22.4 Å². The molecule has 3 aromatic rings. The number of halogens is 1. The van der Waals surface area contributed by atoms with Gasteiger partial charge in [-0.25, -0.2) is 9.97 Å². The Balaban J connectivity index is 0.00000120. The first kappa shape index (κ1) is 12.4. The summed E-state index contributed by atoms with van der Waals surface area (Å²) >= 11 is 0. The molecule has 2 N–H and O–H groups in total. The molecule has 2 aromatic heterocycles. The number of nitrogen functional groups attached to an aromatic ring is 1. The zero-order valence-electron chi connectivity index (χ0n) is 9.87. The van der Waals surface area contributed by atoms with Crippen molar-refractivity contribution in [2.75, 3.05) is 5.73 Å². The molecule has 0 saturated heterocycles. The van der Waals surface area contributed by atoms with Crippen molar-refractivity contribution in [1.29, 1.82) is 0 Å². The quantitative estimate of drug-likeness (QED) is 0.732. The third-order valence-electron chi connectivity index (χ3n) is 2.81. The summed E-state index contributed by atoms with van der Waals surface area (Å²) in [5.74, 6) is 1.18. The summed E-state index contributed by atoms with van der Waals surface area (Å²) in [5.41, 5.74) is 7.78. The van der Waals surface area contributed by atoms with E-state index in [1.807, 2.05) is 54.2 Å². The van der Waals surface area contributed by atoms with E-state index in [-0.39, 0.29) is 12.4 Å². The average Bonchev–Trinajstić information content (AvgIpc) is 2.75. The van der Waals surface area contributed by atoms with E-state index in [1.165, 1.54) is 0 Å². The zero-order valence-corrected chi connectivity index (χ0v) is 10.7. The number of hydrogen-bond acceptors (Lipinski definition) is 3. The number of anilines is 1. The number of nitrogens with two attached hydrogens (primary N) is 1. The Labute approximate surface area is 111 Å². The molecule has 0 spiro atoms. The molecule has 0 saturated carbocycles. The summed E-state index contributed by atoms with van der Waals surface area (Å²) in [4.78, 5) is 8.88. The Morgan fingerprint density at radius 3 is 2.56 bits per heavy atom. The highest BCUT2D eigenvalue weighted by molar-refractivity contribution is 5.89. The maximum Gasteiger partial charge on any atom is 0.178 e. The number of para-hydroxylation sites is 1. The standard InChI is InChI=1S/C13H12N4.ClH/c1-17-8-4-7-11(17)13-15-10-6-3-2-5-9(10)12(14)16-13;/h2-8H,1H3,(H2,14,15,16);1H. The van der Waals surface area contributed by atoms with E-state index in [1.54, 1.807) is 0 Å². The van der Waals surface area contributed by atoms with Crippen LogP contribution in [0, 0.1) is 0 Å². The van der Waals surface area contributed by atoms with E-state index in [2.05, 4.69) is 9.97 Å². The van der Waals surface area contributed by atoms with Crippen LogP contribution in [0.4, 0.5) is 5.82 Å². The lowest BCUT2D eigenvalue weighted by molar-refractivity contribution is 0.924. The van der Waals surface area contributed by atoms with Crippen molar-refractivity contribution in [3.63, 3.8) is 0 Å². The predicted molar refractivity (Wildman–Crippen MR) is 75.6 cm³/mol. The molecular weight excluding hydrogens is 248 g/mol. The molecule has 0 unspecified atom stereocenters. The van der Waals surface area contributed by atoms with Crippen LogP contribution in [0.3, 0.4) is 0 Å². The van der Waals surface area contributed by atoms with Gasteiger partial charge in [-0.2, -0.15) is 0 Å². The Hall–Kier alpha value is -2.07. The van der Waals surface area contributed by atoms with Crippen molar-refractivity contribution >= 4 is 29.1 Å². The maximum atomic E-state index is 5.95. The van der Waals surface area contributed by atoms with Crippen LogP contribution >= 0.6 is 12.4 Å². The van der Waals surface area contributed by atoms with Gasteiger partial charge in [-0.1, -0.05) is 12.1 Å². The van der Waals surface area contributed by atoms with Gasteiger partial charge in [0.1, 0.15) is 5.82 Å². The van der Waals surface area contributed by atoms with Gasteiger partial charge in [-0.15, -0.1) is 12.4 Å². The second-order valence-corrected chi connectivity index (χ2v) is 3.95. The van der Waals surface area contributed by atoms with Crippen LogP contribution in [-0.2, 0) is 7.05 Å². The molecule has 18 heavy (non-hydrogen) atoms. The molecule has 0 aliphatic carbocycles. The highest BCUT2D eigenvalue weighted by Crippen LogP contribution is 2.22. The van der Waals surface area contributed by atoms with Crippen LogP contribution in [0.15, 0.2) is 42.6 Å². The van der Waals surface area contributed by atoms with Gasteiger partial charge in [0.25, 0.3) is 0 Å². The fourth-order valence-corrected chi connectivity index (χ4v) is 1.91. The molecule has 0 amide bonds. The summed E-state index contributed by atoms with van der Waals surface area (Å²) in [5, 5.41) is 0.894. The molecule has 92 valence electrons. The van der Waals surface area contributed by atoms with Crippen LogP contribution < -0.4 is 5.73 Å². The van der Waals surface area contributed by atoms with Gasteiger partial charge in [0.15, 0.2) is 5.82 Å². The van der Waals surface area contributed by atoms with Crippen molar-refractivity contribution in [3.8, 4) is 11.5 Å². The minimum absolute atomic E-state index is 0. The van der Waals surface area contributed by atoms with E-state index in [0.29, 0.717) is 11.6 Å². The molecule has 0 fully saturated rings. The summed E-state index contributed by atoms with van der Waals surface area (Å²) in [6, 6.07) is 11.7. The van der Waals surface area contributed by atoms with E-state index in [9.17, 15) is 0 Å². The van der Waals surface area contributed by atoms with Gasteiger partial charge >= 0.3 is 0 Å². The molecule has 1 aromatic carbocycles. The third-order valence-corrected chi connectivity index (χ3v) is 2.81. The second-order valence-electron chi connectivity index (χ2n) is 3.95. The lowest BCUT2D eigenvalue weighted by Gasteiger charge is -2.05. The first-order valence-electron chi connectivity index (χ1n) is 5.39. The summed E-state index contributed by atoms with van der Waals surface area (Å²) in [6.07, 6.45) is 1.96. The Bertz CT molecular complexity index is 690. The molecule has 2 heterocycles.